The van der Waals surface area contributed by atoms with Gasteiger partial charge in [0.15, 0.2) is 5.82 Å². The van der Waals surface area contributed by atoms with Gasteiger partial charge in [-0.05, 0) is 62.5 Å². The number of benzene rings is 2. The molecule has 2 N–H and O–H groups in total. The molecular formula is C21H21BrN4O4. The number of halogens is 1. The summed E-state index contributed by atoms with van der Waals surface area (Å²) in [5, 5.41) is 9.11. The van der Waals surface area contributed by atoms with Crippen molar-refractivity contribution in [2.75, 3.05) is 30.8 Å². The number of likely N-dealkylation sites (N-methyl/N-ethyl adjacent to an activating group) is 1. The van der Waals surface area contributed by atoms with Crippen LogP contribution in [-0.2, 0) is 9.59 Å². The summed E-state index contributed by atoms with van der Waals surface area (Å²) in [4.78, 5) is 25.8. The van der Waals surface area contributed by atoms with E-state index in [-0.39, 0.29) is 24.9 Å². The molecule has 0 fully saturated rings. The van der Waals surface area contributed by atoms with Crippen molar-refractivity contribution < 1.29 is 18.8 Å². The third-order valence-corrected chi connectivity index (χ3v) is 4.44. The first-order valence-electron chi connectivity index (χ1n) is 9.12. The first kappa shape index (κ1) is 21.5. The molecule has 0 radical (unpaired) electrons. The number of amides is 2. The normalized spacial score (nSPS) is 10.7. The van der Waals surface area contributed by atoms with E-state index < -0.39 is 0 Å². The molecule has 3 rings (SSSR count). The molecular weight excluding hydrogens is 452 g/mol. The number of aromatic nitrogens is 1. The minimum atomic E-state index is -0.284. The molecule has 2 amide bonds. The van der Waals surface area contributed by atoms with Crippen molar-refractivity contribution in [1.82, 2.24) is 10.1 Å². The topological polar surface area (TPSA) is 96.7 Å². The van der Waals surface area contributed by atoms with E-state index in [4.69, 9.17) is 9.26 Å². The summed E-state index contributed by atoms with van der Waals surface area (Å²) in [5.74, 6) is 1.81. The van der Waals surface area contributed by atoms with Gasteiger partial charge in [0.1, 0.15) is 17.3 Å². The third-order valence-electron chi connectivity index (χ3n) is 3.91. The highest BCUT2D eigenvalue weighted by atomic mass is 79.9. The van der Waals surface area contributed by atoms with E-state index in [1.807, 2.05) is 24.3 Å². The van der Waals surface area contributed by atoms with Gasteiger partial charge in [0.25, 0.3) is 0 Å². The predicted molar refractivity (Wildman–Crippen MR) is 117 cm³/mol. The lowest BCUT2D eigenvalue weighted by atomic mass is 10.3. The quantitative estimate of drug-likeness (QED) is 0.513. The Bertz CT molecular complexity index is 1000. The van der Waals surface area contributed by atoms with E-state index in [9.17, 15) is 9.59 Å². The summed E-state index contributed by atoms with van der Waals surface area (Å²) >= 11 is 3.38. The molecule has 0 bridgehead atoms. The summed E-state index contributed by atoms with van der Waals surface area (Å²) < 4.78 is 11.6. The van der Waals surface area contributed by atoms with Crippen LogP contribution in [0.25, 0.3) is 0 Å². The predicted octanol–water partition coefficient (Wildman–Crippen LogP) is 4.05. The Balaban J connectivity index is 1.44. The smallest absolute Gasteiger partial charge is 0.239 e. The zero-order valence-electron chi connectivity index (χ0n) is 16.5. The summed E-state index contributed by atoms with van der Waals surface area (Å²) in [7, 11) is 1.68. The highest BCUT2D eigenvalue weighted by molar-refractivity contribution is 9.10. The minimum Gasteiger partial charge on any atom is -0.457 e. The van der Waals surface area contributed by atoms with Gasteiger partial charge in [-0.3, -0.25) is 14.5 Å². The number of ether oxygens (including phenoxy) is 1. The molecule has 1 aromatic heterocycles. The third kappa shape index (κ3) is 6.71. The lowest BCUT2D eigenvalue weighted by Crippen LogP contribution is -2.36. The van der Waals surface area contributed by atoms with Crippen LogP contribution < -0.4 is 15.4 Å². The second kappa shape index (κ2) is 10.0. The van der Waals surface area contributed by atoms with Crippen molar-refractivity contribution in [2.45, 2.75) is 6.92 Å². The maximum atomic E-state index is 12.2. The summed E-state index contributed by atoms with van der Waals surface area (Å²) in [6.45, 7) is 1.83. The highest BCUT2D eigenvalue weighted by Gasteiger charge is 2.12. The summed E-state index contributed by atoms with van der Waals surface area (Å²) in [5.41, 5.74) is 0.638. The van der Waals surface area contributed by atoms with Gasteiger partial charge < -0.3 is 19.9 Å². The number of rotatable bonds is 8. The van der Waals surface area contributed by atoms with E-state index >= 15 is 0 Å². The zero-order valence-corrected chi connectivity index (χ0v) is 18.1. The molecule has 0 aliphatic carbocycles. The van der Waals surface area contributed by atoms with Gasteiger partial charge in [0, 0.05) is 16.2 Å². The van der Waals surface area contributed by atoms with Crippen LogP contribution >= 0.6 is 15.9 Å². The number of nitrogens with zero attached hydrogens (tertiary/aromatic N) is 2. The monoisotopic (exact) mass is 472 g/mol. The molecule has 8 nitrogen and oxygen atoms in total. The van der Waals surface area contributed by atoms with Crippen molar-refractivity contribution in [3.05, 3.63) is 64.8 Å². The Hall–Kier alpha value is -3.17. The first-order valence-corrected chi connectivity index (χ1v) is 9.92. The largest absolute Gasteiger partial charge is 0.457 e. The Morgan fingerprint density at radius 2 is 1.57 bits per heavy atom. The fourth-order valence-corrected chi connectivity index (χ4v) is 2.86. The van der Waals surface area contributed by atoms with Crippen molar-refractivity contribution in [1.29, 1.82) is 0 Å². The van der Waals surface area contributed by atoms with E-state index in [1.165, 1.54) is 0 Å². The Morgan fingerprint density at radius 1 is 1.00 bits per heavy atom. The van der Waals surface area contributed by atoms with Crippen molar-refractivity contribution in [3.8, 4) is 11.5 Å². The molecule has 0 aliphatic heterocycles. The number of nitrogens with one attached hydrogen (secondary N) is 2. The average molecular weight is 473 g/mol. The van der Waals surface area contributed by atoms with Gasteiger partial charge in [-0.2, -0.15) is 0 Å². The van der Waals surface area contributed by atoms with Crippen LogP contribution in [-0.4, -0.2) is 42.0 Å². The summed E-state index contributed by atoms with van der Waals surface area (Å²) in [6, 6.07) is 16.2. The molecule has 0 spiro atoms. The van der Waals surface area contributed by atoms with Crippen molar-refractivity contribution in [2.24, 2.45) is 0 Å². The zero-order chi connectivity index (χ0) is 21.5. The standard InChI is InChI=1S/C21H21BrN4O4/c1-14-11-19(25-30-14)24-21(28)13-26(2)12-20(27)23-16-5-9-18(10-6-16)29-17-7-3-15(22)4-8-17/h3-11H,12-13H2,1-2H3,(H,23,27)(H,24,25,28). The number of aryl methyl sites for hydroxylation is 1. The van der Waals surface area contributed by atoms with Crippen LogP contribution in [0.15, 0.2) is 63.6 Å². The van der Waals surface area contributed by atoms with E-state index in [0.717, 1.165) is 10.2 Å². The molecule has 30 heavy (non-hydrogen) atoms. The van der Waals surface area contributed by atoms with E-state index in [0.29, 0.717) is 23.0 Å². The molecule has 0 atom stereocenters. The molecule has 1 heterocycles. The second-order valence-corrected chi connectivity index (χ2v) is 7.59. The molecule has 3 aromatic rings. The Morgan fingerprint density at radius 3 is 2.13 bits per heavy atom. The number of carbonyl (C=O) groups excluding carboxylic acids is 2. The van der Waals surface area contributed by atoms with Crippen LogP contribution in [0, 0.1) is 6.92 Å². The number of carbonyl (C=O) groups is 2. The number of anilines is 2. The van der Waals surface area contributed by atoms with Crippen molar-refractivity contribution in [3.63, 3.8) is 0 Å². The molecule has 0 unspecified atom stereocenters. The molecule has 0 saturated carbocycles. The van der Waals surface area contributed by atoms with Gasteiger partial charge in [-0.15, -0.1) is 0 Å². The van der Waals surface area contributed by atoms with Crippen LogP contribution in [0.1, 0.15) is 5.76 Å². The molecule has 0 aliphatic rings. The molecule has 9 heteroatoms. The minimum absolute atomic E-state index is 0.0410. The first-order chi connectivity index (χ1) is 14.4. The lowest BCUT2D eigenvalue weighted by Gasteiger charge is -2.15. The van der Waals surface area contributed by atoms with Crippen LogP contribution in [0.3, 0.4) is 0 Å². The molecule has 156 valence electrons. The molecule has 2 aromatic carbocycles. The lowest BCUT2D eigenvalue weighted by molar-refractivity contribution is -0.119. The molecule has 0 saturated heterocycles. The summed E-state index contributed by atoms with van der Waals surface area (Å²) in [6.07, 6.45) is 0. The Kier molecular flexibility index (Phi) is 7.21. The number of hydrogen-bond acceptors (Lipinski definition) is 6. The van der Waals surface area contributed by atoms with Gasteiger partial charge in [0.2, 0.25) is 11.8 Å². The fourth-order valence-electron chi connectivity index (χ4n) is 2.60. The SMILES string of the molecule is Cc1cc(NC(=O)CN(C)CC(=O)Nc2ccc(Oc3ccc(Br)cc3)cc2)no1. The van der Waals surface area contributed by atoms with Crippen LogP contribution in [0.5, 0.6) is 11.5 Å². The maximum absolute atomic E-state index is 12.2. The van der Waals surface area contributed by atoms with Gasteiger partial charge in [0.05, 0.1) is 13.1 Å². The van der Waals surface area contributed by atoms with E-state index in [2.05, 4.69) is 31.7 Å². The second-order valence-electron chi connectivity index (χ2n) is 6.67. The Labute approximate surface area is 182 Å². The highest BCUT2D eigenvalue weighted by Crippen LogP contribution is 2.24. The van der Waals surface area contributed by atoms with Crippen LogP contribution in [0.2, 0.25) is 0 Å². The van der Waals surface area contributed by atoms with E-state index in [1.54, 1.807) is 49.2 Å². The fraction of sp³-hybridized carbons (Fsp3) is 0.190. The van der Waals surface area contributed by atoms with Gasteiger partial charge in [-0.1, -0.05) is 21.1 Å². The van der Waals surface area contributed by atoms with Gasteiger partial charge >= 0.3 is 0 Å². The van der Waals surface area contributed by atoms with Gasteiger partial charge in [-0.25, -0.2) is 0 Å². The van der Waals surface area contributed by atoms with Crippen molar-refractivity contribution >= 4 is 39.2 Å². The average Bonchev–Trinajstić information content (AvgIpc) is 3.09. The maximum Gasteiger partial charge on any atom is 0.239 e. The van der Waals surface area contributed by atoms with Crippen LogP contribution in [0.4, 0.5) is 11.5 Å². The number of hydrogen-bond donors (Lipinski definition) is 2.